The van der Waals surface area contributed by atoms with Crippen molar-refractivity contribution < 1.29 is 13.1 Å². The molecule has 0 unspecified atom stereocenters. The van der Waals surface area contributed by atoms with Crippen LogP contribution in [0.25, 0.3) is 20.9 Å². The Morgan fingerprint density at radius 2 is 1.00 bits per heavy atom. The van der Waals surface area contributed by atoms with E-state index in [2.05, 4.69) is 88.4 Å². The summed E-state index contributed by atoms with van der Waals surface area (Å²) in [5.74, 6) is 0. The van der Waals surface area contributed by atoms with Gasteiger partial charge in [-0.25, -0.2) is 4.98 Å². The molecule has 0 atom stereocenters. The molecule has 3 heterocycles. The Morgan fingerprint density at radius 3 is 1.37 bits per heavy atom. The molecule has 0 aliphatic carbocycles. The fourth-order valence-corrected chi connectivity index (χ4v) is 6.40. The van der Waals surface area contributed by atoms with E-state index in [1.165, 1.54) is 41.8 Å². The van der Waals surface area contributed by atoms with Crippen LogP contribution in [0.15, 0.2) is 88.8 Å². The van der Waals surface area contributed by atoms with E-state index in [0.29, 0.717) is 0 Å². The van der Waals surface area contributed by atoms with Crippen LogP contribution in [0.5, 0.6) is 0 Å². The van der Waals surface area contributed by atoms with Gasteiger partial charge < -0.3 is 0 Å². The first kappa shape index (κ1) is 31.4. The summed E-state index contributed by atoms with van der Waals surface area (Å²) in [5.41, 5.74) is 10.2. The van der Waals surface area contributed by atoms with Crippen LogP contribution in [0.2, 0.25) is 0 Å². The molecule has 0 saturated heterocycles. The molecule has 0 saturated carbocycles. The van der Waals surface area contributed by atoms with Gasteiger partial charge in [0.25, 0.3) is 0 Å². The molecule has 3 nitrogen and oxygen atoms in total. The molecular weight excluding hydrogens is 629 g/mol. The normalized spacial score (nSPS) is 11.9. The van der Waals surface area contributed by atoms with Crippen molar-refractivity contribution in [3.05, 3.63) is 111 Å². The SMILES string of the molecule is CC(=Nc1cccc(-c2ccc(C)s2)c1C)c1cccc(C(C)=Nc2cccc(-c3ccc(C)s3)c2C)n1.[Cl][Fe][Cl]. The minimum atomic E-state index is 0.194. The third-order valence-corrected chi connectivity index (χ3v) is 8.76. The van der Waals surface area contributed by atoms with Gasteiger partial charge in [0.1, 0.15) is 0 Å². The number of aromatic nitrogens is 1. The van der Waals surface area contributed by atoms with Crippen molar-refractivity contribution in [2.24, 2.45) is 9.98 Å². The van der Waals surface area contributed by atoms with Gasteiger partial charge in [0.05, 0.1) is 34.2 Å². The molecule has 0 bridgehead atoms. The number of pyridine rings is 1. The van der Waals surface area contributed by atoms with Gasteiger partial charge in [-0.05, 0) is 112 Å². The van der Waals surface area contributed by atoms with Crippen LogP contribution in [0.1, 0.15) is 46.1 Å². The molecule has 8 heteroatoms. The van der Waals surface area contributed by atoms with Gasteiger partial charge in [-0.3, -0.25) is 9.98 Å². The summed E-state index contributed by atoms with van der Waals surface area (Å²) in [6.07, 6.45) is 0. The number of aryl methyl sites for hydroxylation is 2. The van der Waals surface area contributed by atoms with E-state index in [1.54, 1.807) is 0 Å². The molecule has 3 aromatic heterocycles. The van der Waals surface area contributed by atoms with Crippen molar-refractivity contribution in [1.82, 2.24) is 4.98 Å². The molecule has 5 rings (SSSR count). The molecule has 212 valence electrons. The van der Waals surface area contributed by atoms with Gasteiger partial charge >= 0.3 is 33.3 Å². The van der Waals surface area contributed by atoms with E-state index < -0.39 is 0 Å². The molecule has 0 spiro atoms. The summed E-state index contributed by atoms with van der Waals surface area (Å²) in [6, 6.07) is 27.4. The van der Waals surface area contributed by atoms with Crippen molar-refractivity contribution in [1.29, 1.82) is 0 Å². The maximum absolute atomic E-state index is 4.99. The zero-order valence-corrected chi connectivity index (χ0v) is 28.0. The van der Waals surface area contributed by atoms with Crippen LogP contribution in [-0.4, -0.2) is 16.4 Å². The number of hydrogen-bond acceptors (Lipinski definition) is 5. The molecule has 2 aromatic carbocycles. The number of halogens is 2. The molecule has 41 heavy (non-hydrogen) atoms. The Kier molecular flexibility index (Phi) is 11.1. The summed E-state index contributed by atoms with van der Waals surface area (Å²) >= 11 is 3.82. The molecular formula is C33H31Cl2FeN3S2. The van der Waals surface area contributed by atoms with Crippen LogP contribution in [0.3, 0.4) is 0 Å². The van der Waals surface area contributed by atoms with Gasteiger partial charge in [0, 0.05) is 19.5 Å². The van der Waals surface area contributed by atoms with Crippen LogP contribution in [0, 0.1) is 27.7 Å². The first-order valence-corrected chi connectivity index (χ1v) is 17.7. The standard InChI is InChI=1S/C33H31N3S2.2ClH.Fe/c1-20-16-18-32(37-20)26-10-7-12-28(22(26)3)34-24(5)30-14-9-15-31(36-30)25(6)35-29-13-8-11-27(23(29)4)33-19-17-21(2)38-33;;;/h7-19H,1-6H3;2*1H;/q;;;+2/p-2. The number of benzene rings is 2. The predicted octanol–water partition coefficient (Wildman–Crippen LogP) is 11.4. The fourth-order valence-electron chi connectivity index (χ4n) is 4.50. The van der Waals surface area contributed by atoms with Gasteiger partial charge in [-0.1, -0.05) is 30.3 Å². The van der Waals surface area contributed by atoms with Gasteiger partial charge in [0.15, 0.2) is 0 Å². The second-order valence-electron chi connectivity index (χ2n) is 9.57. The Morgan fingerprint density at radius 1 is 0.610 bits per heavy atom. The van der Waals surface area contributed by atoms with Crippen LogP contribution < -0.4 is 0 Å². The van der Waals surface area contributed by atoms with Crippen LogP contribution >= 0.6 is 42.9 Å². The second-order valence-corrected chi connectivity index (χ2v) is 14.0. The van der Waals surface area contributed by atoms with Crippen LogP contribution in [-0.2, 0) is 13.1 Å². The third-order valence-electron chi connectivity index (χ3n) is 6.69. The number of rotatable bonds is 6. The van der Waals surface area contributed by atoms with Gasteiger partial charge in [0.2, 0.25) is 0 Å². The van der Waals surface area contributed by atoms with Crippen molar-refractivity contribution in [3.63, 3.8) is 0 Å². The predicted molar refractivity (Wildman–Crippen MR) is 178 cm³/mol. The van der Waals surface area contributed by atoms with Crippen molar-refractivity contribution >= 4 is 65.7 Å². The Hall–Kier alpha value is -2.57. The number of hydrogen-bond donors (Lipinski definition) is 0. The molecule has 0 radical (unpaired) electrons. The summed E-state index contributed by atoms with van der Waals surface area (Å²) < 4.78 is 0. The molecule has 0 amide bonds. The number of thiophene rings is 2. The number of aliphatic imine (C=N–C) groups is 2. The summed E-state index contributed by atoms with van der Waals surface area (Å²) in [4.78, 5) is 20.1. The van der Waals surface area contributed by atoms with E-state index in [1.807, 2.05) is 54.7 Å². The topological polar surface area (TPSA) is 37.6 Å². The average molecular weight is 661 g/mol. The molecule has 0 fully saturated rings. The van der Waals surface area contributed by atoms with Crippen LogP contribution in [0.4, 0.5) is 11.4 Å². The van der Waals surface area contributed by atoms with E-state index in [-0.39, 0.29) is 13.1 Å². The average Bonchev–Trinajstić information content (AvgIpc) is 3.59. The number of nitrogens with zero attached hydrogens (tertiary/aromatic N) is 3. The monoisotopic (exact) mass is 659 g/mol. The van der Waals surface area contributed by atoms with E-state index in [0.717, 1.165) is 34.2 Å². The Balaban J connectivity index is 0.00000124. The minimum absolute atomic E-state index is 0.194. The first-order valence-electron chi connectivity index (χ1n) is 13.0. The fraction of sp³-hybridized carbons (Fsp3) is 0.182. The van der Waals surface area contributed by atoms with Gasteiger partial charge in [-0.2, -0.15) is 0 Å². The van der Waals surface area contributed by atoms with Crippen molar-refractivity contribution in [2.45, 2.75) is 41.5 Å². The summed E-state index contributed by atoms with van der Waals surface area (Å²) in [7, 11) is 9.53. The zero-order chi connectivity index (χ0) is 29.5. The summed E-state index contributed by atoms with van der Waals surface area (Å²) in [5, 5.41) is 0. The Labute approximate surface area is 265 Å². The van der Waals surface area contributed by atoms with Gasteiger partial charge in [-0.15, -0.1) is 22.7 Å². The molecule has 0 aliphatic rings. The zero-order valence-electron chi connectivity index (χ0n) is 23.8. The maximum atomic E-state index is 4.99. The molecule has 0 N–H and O–H groups in total. The first-order chi connectivity index (χ1) is 19.7. The van der Waals surface area contributed by atoms with E-state index >= 15 is 0 Å². The second kappa shape index (κ2) is 14.5. The quantitative estimate of drug-likeness (QED) is 0.132. The van der Waals surface area contributed by atoms with Crippen molar-refractivity contribution in [2.75, 3.05) is 0 Å². The Bertz CT molecular complexity index is 1600. The molecule has 5 aromatic rings. The molecule has 0 aliphatic heterocycles. The van der Waals surface area contributed by atoms with E-state index in [9.17, 15) is 0 Å². The third kappa shape index (κ3) is 7.84. The van der Waals surface area contributed by atoms with Crippen molar-refractivity contribution in [3.8, 4) is 20.9 Å². The summed E-state index contributed by atoms with van der Waals surface area (Å²) in [6.45, 7) is 12.6. The van der Waals surface area contributed by atoms with E-state index in [4.69, 9.17) is 35.2 Å².